The molecule has 30 heavy (non-hydrogen) atoms. The number of benzene rings is 3. The van der Waals surface area contributed by atoms with Crippen molar-refractivity contribution >= 4 is 11.4 Å². The zero-order valence-corrected chi connectivity index (χ0v) is 18.4. The van der Waals surface area contributed by atoms with E-state index in [0.29, 0.717) is 5.69 Å². The molecule has 0 N–H and O–H groups in total. The highest BCUT2D eigenvalue weighted by molar-refractivity contribution is 6.11. The number of nitrogens with zero attached hydrogens (tertiary/aromatic N) is 1. The highest BCUT2D eigenvalue weighted by Gasteiger charge is 2.35. The lowest BCUT2D eigenvalue weighted by Crippen LogP contribution is -2.35. The van der Waals surface area contributed by atoms with Crippen LogP contribution < -0.4 is 4.74 Å². The van der Waals surface area contributed by atoms with Crippen LogP contribution in [0.25, 0.3) is 0 Å². The minimum absolute atomic E-state index is 0.0829. The molecule has 1 aliphatic rings. The third-order valence-electron chi connectivity index (χ3n) is 5.90. The van der Waals surface area contributed by atoms with Crippen molar-refractivity contribution in [3.8, 4) is 5.75 Å². The summed E-state index contributed by atoms with van der Waals surface area (Å²) < 4.78 is 22.5. The maximum atomic E-state index is 14.9. The Morgan fingerprint density at radius 1 is 0.967 bits per heavy atom. The van der Waals surface area contributed by atoms with Crippen molar-refractivity contribution in [2.45, 2.75) is 45.6 Å². The van der Waals surface area contributed by atoms with E-state index in [9.17, 15) is 4.39 Å². The van der Waals surface area contributed by atoms with Crippen molar-refractivity contribution in [3.05, 3.63) is 94.8 Å². The zero-order valence-electron chi connectivity index (χ0n) is 18.4. The molecule has 1 heterocycles. The Morgan fingerprint density at radius 2 is 1.67 bits per heavy atom. The largest absolute Gasteiger partial charge is 0.497 e. The first-order valence-corrected chi connectivity index (χ1v) is 10.5. The lowest BCUT2D eigenvalue weighted by molar-refractivity contribution is -0.483. The fraction of sp³-hybridized carbons (Fsp3) is 0.296. The summed E-state index contributed by atoms with van der Waals surface area (Å²) in [7, 11) is 1.69. The van der Waals surface area contributed by atoms with Crippen LogP contribution in [0.3, 0.4) is 0 Å². The van der Waals surface area contributed by atoms with Crippen LogP contribution in [0.1, 0.15) is 49.9 Å². The molecule has 0 bridgehead atoms. The number of hydrogen-bond acceptors (Lipinski definition) is 1. The van der Waals surface area contributed by atoms with E-state index in [2.05, 4.69) is 68.7 Å². The molecule has 0 aromatic heterocycles. The molecule has 3 aromatic rings. The van der Waals surface area contributed by atoms with Crippen molar-refractivity contribution in [2.75, 3.05) is 7.11 Å². The molecular weight excluding hydrogens is 373 g/mol. The van der Waals surface area contributed by atoms with Crippen molar-refractivity contribution in [2.24, 2.45) is 0 Å². The van der Waals surface area contributed by atoms with E-state index < -0.39 is 0 Å². The van der Waals surface area contributed by atoms with Crippen molar-refractivity contribution in [3.63, 3.8) is 0 Å². The van der Waals surface area contributed by atoms with Gasteiger partial charge in [0.1, 0.15) is 5.75 Å². The minimum Gasteiger partial charge on any atom is -0.497 e. The quantitative estimate of drug-likeness (QED) is 0.471. The van der Waals surface area contributed by atoms with Crippen LogP contribution in [0, 0.1) is 5.82 Å². The second-order valence-electron chi connectivity index (χ2n) is 9.07. The fourth-order valence-corrected chi connectivity index (χ4v) is 4.28. The van der Waals surface area contributed by atoms with E-state index in [1.807, 2.05) is 18.2 Å². The van der Waals surface area contributed by atoms with E-state index in [0.717, 1.165) is 29.0 Å². The minimum atomic E-state index is -0.204. The maximum Gasteiger partial charge on any atom is 0.242 e. The van der Waals surface area contributed by atoms with Gasteiger partial charge < -0.3 is 4.74 Å². The Kier molecular flexibility index (Phi) is 5.23. The Balaban J connectivity index is 1.99. The van der Waals surface area contributed by atoms with Gasteiger partial charge in [0.2, 0.25) is 11.4 Å². The Morgan fingerprint density at radius 3 is 2.30 bits per heavy atom. The molecule has 0 fully saturated rings. The van der Waals surface area contributed by atoms with Crippen LogP contribution in [0.5, 0.6) is 5.75 Å². The molecule has 1 atom stereocenters. The zero-order chi connectivity index (χ0) is 21.5. The second-order valence-corrected chi connectivity index (χ2v) is 9.07. The van der Waals surface area contributed by atoms with Crippen LogP contribution in [-0.4, -0.2) is 23.4 Å². The van der Waals surface area contributed by atoms with E-state index in [-0.39, 0.29) is 17.3 Å². The summed E-state index contributed by atoms with van der Waals surface area (Å²) in [6, 6.07) is 22.0. The number of para-hydroxylation sites is 1. The van der Waals surface area contributed by atoms with Gasteiger partial charge in [-0.1, -0.05) is 45.0 Å². The SMILES string of the molecule is COc1ccc2c(c1)CC(C)[N+](c1ccccc1F)=C2c1ccc(C(C)(C)C)cc1. The van der Waals surface area contributed by atoms with E-state index >= 15 is 0 Å². The van der Waals surface area contributed by atoms with Crippen molar-refractivity contribution in [1.82, 2.24) is 0 Å². The highest BCUT2D eigenvalue weighted by atomic mass is 19.1. The topological polar surface area (TPSA) is 12.2 Å². The number of hydrogen-bond donors (Lipinski definition) is 0. The number of rotatable bonds is 3. The number of methoxy groups -OCH3 is 1. The molecule has 154 valence electrons. The van der Waals surface area contributed by atoms with Crippen molar-refractivity contribution < 1.29 is 13.7 Å². The van der Waals surface area contributed by atoms with Crippen LogP contribution in [-0.2, 0) is 11.8 Å². The third kappa shape index (κ3) is 3.65. The summed E-state index contributed by atoms with van der Waals surface area (Å²) in [5, 5.41) is 0. The van der Waals surface area contributed by atoms with E-state index in [4.69, 9.17) is 4.74 Å². The predicted octanol–water partition coefficient (Wildman–Crippen LogP) is 6.26. The van der Waals surface area contributed by atoms with Crippen molar-refractivity contribution in [1.29, 1.82) is 0 Å². The van der Waals surface area contributed by atoms with Gasteiger partial charge in [0.15, 0.2) is 11.9 Å². The van der Waals surface area contributed by atoms with Gasteiger partial charge in [0, 0.05) is 18.1 Å². The summed E-state index contributed by atoms with van der Waals surface area (Å²) in [6.07, 6.45) is 0.824. The van der Waals surface area contributed by atoms with Gasteiger partial charge in [-0.25, -0.2) is 0 Å². The smallest absolute Gasteiger partial charge is 0.242 e. The maximum absolute atomic E-state index is 14.9. The van der Waals surface area contributed by atoms with Crippen LogP contribution in [0.4, 0.5) is 10.1 Å². The molecule has 0 amide bonds. The lowest BCUT2D eigenvalue weighted by atomic mass is 9.84. The first-order chi connectivity index (χ1) is 14.3. The van der Waals surface area contributed by atoms with Gasteiger partial charge in [-0.05, 0) is 59.9 Å². The van der Waals surface area contributed by atoms with E-state index in [1.165, 1.54) is 17.2 Å². The summed E-state index contributed by atoms with van der Waals surface area (Å²) >= 11 is 0. The van der Waals surface area contributed by atoms with Gasteiger partial charge in [-0.2, -0.15) is 8.97 Å². The number of ether oxygens (including phenoxy) is 1. The highest BCUT2D eigenvalue weighted by Crippen LogP contribution is 2.32. The molecule has 3 heteroatoms. The number of fused-ring (bicyclic) bond motifs is 1. The summed E-state index contributed by atoms with van der Waals surface area (Å²) in [6.45, 7) is 8.79. The summed E-state index contributed by atoms with van der Waals surface area (Å²) in [5.41, 5.74) is 6.45. The third-order valence-corrected chi connectivity index (χ3v) is 5.90. The molecule has 0 radical (unpaired) electrons. The average Bonchev–Trinajstić information content (AvgIpc) is 2.72. The number of halogens is 1. The van der Waals surface area contributed by atoms with E-state index in [1.54, 1.807) is 13.2 Å². The normalized spacial score (nSPS) is 16.4. The Labute approximate surface area is 178 Å². The second kappa shape index (κ2) is 7.71. The first kappa shape index (κ1) is 20.3. The summed E-state index contributed by atoms with van der Waals surface area (Å²) in [4.78, 5) is 0. The predicted molar refractivity (Wildman–Crippen MR) is 121 cm³/mol. The molecule has 0 saturated heterocycles. The molecule has 4 rings (SSSR count). The molecule has 0 spiro atoms. The van der Waals surface area contributed by atoms with Gasteiger partial charge >= 0.3 is 0 Å². The van der Waals surface area contributed by atoms with Gasteiger partial charge in [0.25, 0.3) is 0 Å². The van der Waals surface area contributed by atoms with Crippen LogP contribution in [0.15, 0.2) is 66.7 Å². The molecule has 0 saturated carbocycles. The van der Waals surface area contributed by atoms with Gasteiger partial charge in [-0.3, -0.25) is 0 Å². The average molecular weight is 403 g/mol. The standard InChI is InChI=1S/C27H29FNO/c1-18-16-20-17-22(30-5)14-15-23(20)26(29(18)25-9-7-6-8-24(25)28)19-10-12-21(13-11-19)27(2,3)4/h6-15,17-18H,16H2,1-5H3/q+1. The van der Waals surface area contributed by atoms with Crippen LogP contribution in [0.2, 0.25) is 0 Å². The molecule has 3 aromatic carbocycles. The Hall–Kier alpha value is -2.94. The van der Waals surface area contributed by atoms with Crippen LogP contribution >= 0.6 is 0 Å². The monoisotopic (exact) mass is 402 g/mol. The molecule has 2 nitrogen and oxygen atoms in total. The molecule has 1 unspecified atom stereocenters. The lowest BCUT2D eigenvalue weighted by Gasteiger charge is -2.25. The summed E-state index contributed by atoms with van der Waals surface area (Å²) in [5.74, 6) is 0.646. The fourth-order valence-electron chi connectivity index (χ4n) is 4.28. The first-order valence-electron chi connectivity index (χ1n) is 10.5. The molecule has 0 aliphatic carbocycles. The molecular formula is C27H29FNO+. The van der Waals surface area contributed by atoms with Gasteiger partial charge in [0.05, 0.1) is 12.7 Å². The molecule has 1 aliphatic heterocycles. The Bertz CT molecular complexity index is 1110. The van der Waals surface area contributed by atoms with Gasteiger partial charge in [-0.15, -0.1) is 0 Å².